The van der Waals surface area contributed by atoms with E-state index in [9.17, 15) is 19.7 Å². The van der Waals surface area contributed by atoms with E-state index in [4.69, 9.17) is 5.11 Å². The maximum atomic E-state index is 11.9. The summed E-state index contributed by atoms with van der Waals surface area (Å²) in [5, 5.41) is 22.0. The number of thioether (sulfide) groups is 2. The molecular weight excluding hydrogens is 316 g/mol. The quantitative estimate of drug-likeness (QED) is 0.324. The van der Waals surface area contributed by atoms with E-state index in [2.05, 4.69) is 5.32 Å². The van der Waals surface area contributed by atoms with Gasteiger partial charge in [0, 0.05) is 23.9 Å². The molecule has 0 saturated heterocycles. The summed E-state index contributed by atoms with van der Waals surface area (Å²) in [7, 11) is 0. The van der Waals surface area contributed by atoms with E-state index in [0.717, 1.165) is 0 Å². The van der Waals surface area contributed by atoms with Crippen molar-refractivity contribution in [2.24, 2.45) is 0 Å². The SMILES string of the molecule is CSc1ccc(C(=O)NCCSCC(=O)O)cc1[N+](=O)[O-]. The largest absolute Gasteiger partial charge is 0.481 e. The summed E-state index contributed by atoms with van der Waals surface area (Å²) in [6.07, 6.45) is 1.72. The molecule has 0 aliphatic rings. The summed E-state index contributed by atoms with van der Waals surface area (Å²) >= 11 is 2.43. The van der Waals surface area contributed by atoms with Gasteiger partial charge in [-0.1, -0.05) is 0 Å². The van der Waals surface area contributed by atoms with Gasteiger partial charge >= 0.3 is 5.97 Å². The van der Waals surface area contributed by atoms with Crippen LogP contribution in [0.25, 0.3) is 0 Å². The second-order valence-corrected chi connectivity index (χ2v) is 5.80. The fourth-order valence-corrected chi connectivity index (χ4v) is 2.58. The van der Waals surface area contributed by atoms with Crippen molar-refractivity contribution < 1.29 is 19.6 Å². The maximum absolute atomic E-state index is 11.9. The van der Waals surface area contributed by atoms with Crippen molar-refractivity contribution in [3.8, 4) is 0 Å². The minimum Gasteiger partial charge on any atom is -0.481 e. The predicted molar refractivity (Wildman–Crippen MR) is 82.2 cm³/mol. The van der Waals surface area contributed by atoms with Crippen molar-refractivity contribution in [2.75, 3.05) is 24.3 Å². The van der Waals surface area contributed by atoms with E-state index < -0.39 is 16.8 Å². The molecule has 0 radical (unpaired) electrons. The summed E-state index contributed by atoms with van der Waals surface area (Å²) < 4.78 is 0. The molecule has 114 valence electrons. The zero-order chi connectivity index (χ0) is 15.8. The van der Waals surface area contributed by atoms with Crippen molar-refractivity contribution >= 4 is 41.1 Å². The molecule has 1 aromatic carbocycles. The topological polar surface area (TPSA) is 110 Å². The molecule has 0 atom stereocenters. The average Bonchev–Trinajstić information content (AvgIpc) is 2.45. The number of nitrogens with zero attached hydrogens (tertiary/aromatic N) is 1. The first kappa shape index (κ1) is 17.3. The number of hydrogen-bond donors (Lipinski definition) is 2. The minimum absolute atomic E-state index is 0.0240. The van der Waals surface area contributed by atoms with Crippen molar-refractivity contribution in [3.63, 3.8) is 0 Å². The fraction of sp³-hybridized carbons (Fsp3) is 0.333. The third kappa shape index (κ3) is 5.64. The number of carbonyl (C=O) groups excluding carboxylic acids is 1. The van der Waals surface area contributed by atoms with Crippen molar-refractivity contribution in [1.29, 1.82) is 0 Å². The highest BCUT2D eigenvalue weighted by atomic mass is 32.2. The normalized spacial score (nSPS) is 10.1. The number of nitro groups is 1. The molecule has 0 aliphatic carbocycles. The van der Waals surface area contributed by atoms with Crippen LogP contribution in [0.5, 0.6) is 0 Å². The third-order valence-corrected chi connectivity index (χ3v) is 4.12. The summed E-state index contributed by atoms with van der Waals surface area (Å²) in [6.45, 7) is 0.300. The van der Waals surface area contributed by atoms with Gasteiger partial charge in [0.1, 0.15) is 0 Å². The monoisotopic (exact) mass is 330 g/mol. The number of benzene rings is 1. The van der Waals surface area contributed by atoms with Crippen LogP contribution in [0.15, 0.2) is 23.1 Å². The van der Waals surface area contributed by atoms with Crippen LogP contribution in [0.2, 0.25) is 0 Å². The highest BCUT2D eigenvalue weighted by Gasteiger charge is 2.16. The number of carboxylic acid groups (broad SMARTS) is 1. The van der Waals surface area contributed by atoms with E-state index in [1.165, 1.54) is 41.7 Å². The number of carboxylic acids is 1. The summed E-state index contributed by atoms with van der Waals surface area (Å²) in [5.41, 5.74) is 0.109. The Balaban J connectivity index is 2.60. The molecule has 9 heteroatoms. The molecule has 1 aromatic rings. The van der Waals surface area contributed by atoms with E-state index in [1.807, 2.05) is 0 Å². The van der Waals surface area contributed by atoms with E-state index >= 15 is 0 Å². The molecule has 0 aliphatic heterocycles. The summed E-state index contributed by atoms with van der Waals surface area (Å²) in [6, 6.07) is 4.31. The number of nitrogens with one attached hydrogen (secondary N) is 1. The molecule has 0 unspecified atom stereocenters. The highest BCUT2D eigenvalue weighted by molar-refractivity contribution is 7.99. The van der Waals surface area contributed by atoms with Gasteiger partial charge in [0.2, 0.25) is 0 Å². The number of aliphatic carboxylic acids is 1. The Kier molecular flexibility index (Phi) is 7.03. The van der Waals surface area contributed by atoms with Gasteiger partial charge in [-0.25, -0.2) is 0 Å². The van der Waals surface area contributed by atoms with Crippen LogP contribution in [0.1, 0.15) is 10.4 Å². The molecular formula is C12H14N2O5S2. The van der Waals surface area contributed by atoms with Gasteiger partial charge in [-0.05, 0) is 18.4 Å². The first-order chi connectivity index (χ1) is 9.95. The Bertz CT molecular complexity index is 550. The van der Waals surface area contributed by atoms with Gasteiger partial charge < -0.3 is 10.4 Å². The Hall–Kier alpha value is -1.74. The third-order valence-electron chi connectivity index (χ3n) is 2.40. The molecule has 0 fully saturated rings. The minimum atomic E-state index is -0.908. The number of carbonyl (C=O) groups is 2. The molecule has 2 N–H and O–H groups in total. The van der Waals surface area contributed by atoms with Crippen molar-refractivity contribution in [3.05, 3.63) is 33.9 Å². The molecule has 1 rings (SSSR count). The van der Waals surface area contributed by atoms with Crippen LogP contribution in [0, 0.1) is 10.1 Å². The average molecular weight is 330 g/mol. The number of nitro benzene ring substituents is 1. The van der Waals surface area contributed by atoms with Crippen molar-refractivity contribution in [1.82, 2.24) is 5.32 Å². The first-order valence-electron chi connectivity index (χ1n) is 5.86. The van der Waals surface area contributed by atoms with Crippen LogP contribution >= 0.6 is 23.5 Å². The van der Waals surface area contributed by atoms with Crippen molar-refractivity contribution in [2.45, 2.75) is 4.90 Å². The molecule has 1 amide bonds. The predicted octanol–water partition coefficient (Wildman–Crippen LogP) is 1.86. The lowest BCUT2D eigenvalue weighted by Crippen LogP contribution is -2.26. The second-order valence-electron chi connectivity index (χ2n) is 3.85. The Labute approximate surface area is 129 Å². The number of hydrogen-bond acceptors (Lipinski definition) is 6. The fourth-order valence-electron chi connectivity index (χ4n) is 1.47. The van der Waals surface area contributed by atoms with E-state index in [0.29, 0.717) is 17.2 Å². The van der Waals surface area contributed by atoms with Gasteiger partial charge in [-0.2, -0.15) is 0 Å². The standard InChI is InChI=1S/C12H14N2O5S2/c1-20-10-3-2-8(6-9(10)14(18)19)12(17)13-4-5-21-7-11(15)16/h2-3,6H,4-5,7H2,1H3,(H,13,17)(H,15,16). The van der Waals surface area contributed by atoms with E-state index in [1.54, 1.807) is 6.26 Å². The van der Waals surface area contributed by atoms with Gasteiger partial charge in [0.25, 0.3) is 11.6 Å². The second kappa shape index (κ2) is 8.53. The Morgan fingerprint density at radius 3 is 2.71 bits per heavy atom. The molecule has 0 heterocycles. The number of amides is 1. The molecule has 21 heavy (non-hydrogen) atoms. The summed E-state index contributed by atoms with van der Waals surface area (Å²) in [4.78, 5) is 33.0. The lowest BCUT2D eigenvalue weighted by molar-refractivity contribution is -0.387. The molecule has 0 aromatic heterocycles. The van der Waals surface area contributed by atoms with Crippen LogP contribution in [-0.2, 0) is 4.79 Å². The Morgan fingerprint density at radius 1 is 1.43 bits per heavy atom. The zero-order valence-electron chi connectivity index (χ0n) is 11.2. The van der Waals surface area contributed by atoms with Crippen LogP contribution in [0.4, 0.5) is 5.69 Å². The lowest BCUT2D eigenvalue weighted by Gasteiger charge is -2.06. The van der Waals surface area contributed by atoms with Crippen LogP contribution in [0.3, 0.4) is 0 Å². The van der Waals surface area contributed by atoms with Gasteiger partial charge in [0.15, 0.2) is 0 Å². The first-order valence-corrected chi connectivity index (χ1v) is 8.23. The van der Waals surface area contributed by atoms with Gasteiger partial charge in [0.05, 0.1) is 15.6 Å². The van der Waals surface area contributed by atoms with Gasteiger partial charge in [-0.3, -0.25) is 19.7 Å². The zero-order valence-corrected chi connectivity index (χ0v) is 12.8. The smallest absolute Gasteiger partial charge is 0.313 e. The maximum Gasteiger partial charge on any atom is 0.313 e. The molecule has 0 saturated carbocycles. The van der Waals surface area contributed by atoms with Gasteiger partial charge in [-0.15, -0.1) is 23.5 Å². The van der Waals surface area contributed by atoms with E-state index in [-0.39, 0.29) is 17.0 Å². The lowest BCUT2D eigenvalue weighted by atomic mass is 10.2. The summed E-state index contributed by atoms with van der Waals surface area (Å²) in [5.74, 6) is -0.886. The van der Waals surface area contributed by atoms with Crippen LogP contribution in [-0.4, -0.2) is 46.2 Å². The Morgan fingerprint density at radius 2 is 2.14 bits per heavy atom. The highest BCUT2D eigenvalue weighted by Crippen LogP contribution is 2.28. The molecule has 7 nitrogen and oxygen atoms in total. The van der Waals surface area contributed by atoms with Crippen LogP contribution < -0.4 is 5.32 Å². The molecule has 0 bridgehead atoms. The molecule has 0 spiro atoms. The number of rotatable bonds is 8.